The van der Waals surface area contributed by atoms with Crippen LogP contribution >= 0.6 is 0 Å². The Kier molecular flexibility index (Phi) is 5.25. The number of amides is 2. The largest absolute Gasteiger partial charge is 0.494 e. The fraction of sp³-hybridized carbons (Fsp3) is 0.158. The van der Waals surface area contributed by atoms with E-state index in [4.69, 9.17) is 9.15 Å². The standard InChI is InChI=1S/C19H17N3O6/c1-3-27-14-7-8-16-15(10-14)11(2)17(28-16)19(24)21-20-18(23)12-5-4-6-13(9-12)22(25)26/h4-10H,3H2,1-2H3,(H,20,23)(H,21,24). The third-order valence-electron chi connectivity index (χ3n) is 4.03. The van der Waals surface area contributed by atoms with E-state index >= 15 is 0 Å². The first-order valence-electron chi connectivity index (χ1n) is 8.41. The summed E-state index contributed by atoms with van der Waals surface area (Å²) < 4.78 is 11.0. The lowest BCUT2D eigenvalue weighted by atomic mass is 10.1. The highest BCUT2D eigenvalue weighted by Crippen LogP contribution is 2.28. The molecule has 0 spiro atoms. The second-order valence-electron chi connectivity index (χ2n) is 5.86. The number of nitrogens with one attached hydrogen (secondary N) is 2. The first-order chi connectivity index (χ1) is 13.4. The van der Waals surface area contributed by atoms with Crippen molar-refractivity contribution in [2.45, 2.75) is 13.8 Å². The highest BCUT2D eigenvalue weighted by atomic mass is 16.6. The molecule has 0 saturated heterocycles. The Morgan fingerprint density at radius 1 is 1.14 bits per heavy atom. The monoisotopic (exact) mass is 383 g/mol. The van der Waals surface area contributed by atoms with Gasteiger partial charge < -0.3 is 9.15 Å². The molecule has 2 aromatic carbocycles. The van der Waals surface area contributed by atoms with Crippen LogP contribution in [0.4, 0.5) is 5.69 Å². The van der Waals surface area contributed by atoms with E-state index in [1.54, 1.807) is 25.1 Å². The number of non-ortho nitro benzene ring substituents is 1. The Bertz CT molecular complexity index is 1070. The molecule has 2 N–H and O–H groups in total. The van der Waals surface area contributed by atoms with E-state index < -0.39 is 16.7 Å². The highest BCUT2D eigenvalue weighted by molar-refractivity contribution is 6.01. The van der Waals surface area contributed by atoms with Crippen LogP contribution in [0.5, 0.6) is 5.75 Å². The Morgan fingerprint density at radius 3 is 2.61 bits per heavy atom. The van der Waals surface area contributed by atoms with Crippen molar-refractivity contribution in [3.63, 3.8) is 0 Å². The maximum absolute atomic E-state index is 12.4. The Morgan fingerprint density at radius 2 is 1.89 bits per heavy atom. The minimum Gasteiger partial charge on any atom is -0.494 e. The smallest absolute Gasteiger partial charge is 0.305 e. The van der Waals surface area contributed by atoms with Gasteiger partial charge in [0, 0.05) is 28.6 Å². The molecule has 0 aliphatic rings. The predicted molar refractivity (Wildman–Crippen MR) is 100 cm³/mol. The van der Waals surface area contributed by atoms with E-state index in [0.29, 0.717) is 23.5 Å². The number of fused-ring (bicyclic) bond motifs is 1. The number of nitro benzene ring substituents is 1. The Balaban J connectivity index is 1.74. The van der Waals surface area contributed by atoms with E-state index in [0.717, 1.165) is 11.5 Å². The lowest BCUT2D eigenvalue weighted by Gasteiger charge is -2.06. The maximum Gasteiger partial charge on any atom is 0.305 e. The van der Waals surface area contributed by atoms with Crippen molar-refractivity contribution in [1.29, 1.82) is 0 Å². The molecule has 9 nitrogen and oxygen atoms in total. The number of ether oxygens (including phenoxy) is 1. The number of hydrazine groups is 1. The van der Waals surface area contributed by atoms with Crippen molar-refractivity contribution in [1.82, 2.24) is 10.9 Å². The number of carbonyl (C=O) groups excluding carboxylic acids is 2. The molecule has 3 aromatic rings. The fourth-order valence-corrected chi connectivity index (χ4v) is 2.68. The minimum atomic E-state index is -0.690. The van der Waals surface area contributed by atoms with Gasteiger partial charge in [-0.2, -0.15) is 0 Å². The zero-order chi connectivity index (χ0) is 20.3. The van der Waals surface area contributed by atoms with Crippen molar-refractivity contribution in [3.05, 3.63) is 69.5 Å². The molecule has 0 radical (unpaired) electrons. The number of nitro groups is 1. The molecule has 1 aromatic heterocycles. The molecule has 0 fully saturated rings. The quantitative estimate of drug-likeness (QED) is 0.515. The SMILES string of the molecule is CCOc1ccc2oc(C(=O)NNC(=O)c3cccc([N+](=O)[O-])c3)c(C)c2c1. The van der Waals surface area contributed by atoms with Gasteiger partial charge in [0.25, 0.3) is 11.6 Å². The van der Waals surface area contributed by atoms with Gasteiger partial charge in [0.05, 0.1) is 11.5 Å². The fourth-order valence-electron chi connectivity index (χ4n) is 2.68. The molecule has 3 rings (SSSR count). The van der Waals surface area contributed by atoms with Crippen LogP contribution in [-0.4, -0.2) is 23.3 Å². The van der Waals surface area contributed by atoms with E-state index in [2.05, 4.69) is 10.9 Å². The first-order valence-corrected chi connectivity index (χ1v) is 8.41. The third-order valence-corrected chi connectivity index (χ3v) is 4.03. The Labute approximate surface area is 159 Å². The number of carbonyl (C=O) groups is 2. The van der Waals surface area contributed by atoms with E-state index in [9.17, 15) is 19.7 Å². The summed E-state index contributed by atoms with van der Waals surface area (Å²) in [5, 5.41) is 11.5. The molecule has 0 aliphatic carbocycles. The van der Waals surface area contributed by atoms with Crippen LogP contribution < -0.4 is 15.6 Å². The summed E-state index contributed by atoms with van der Waals surface area (Å²) in [4.78, 5) is 34.7. The molecule has 9 heteroatoms. The van der Waals surface area contributed by atoms with Crippen LogP contribution in [0.2, 0.25) is 0 Å². The van der Waals surface area contributed by atoms with E-state index in [1.165, 1.54) is 18.2 Å². The summed E-state index contributed by atoms with van der Waals surface area (Å²) in [5.41, 5.74) is 5.40. The summed E-state index contributed by atoms with van der Waals surface area (Å²) >= 11 is 0. The minimum absolute atomic E-state index is 0.0391. The number of furan rings is 1. The van der Waals surface area contributed by atoms with Crippen molar-refractivity contribution in [3.8, 4) is 5.75 Å². The molecular weight excluding hydrogens is 366 g/mol. The molecule has 0 saturated carbocycles. The topological polar surface area (TPSA) is 124 Å². The number of benzene rings is 2. The molecule has 28 heavy (non-hydrogen) atoms. The van der Waals surface area contributed by atoms with Crippen molar-refractivity contribution < 1.29 is 23.7 Å². The van der Waals surface area contributed by atoms with E-state index in [1.807, 2.05) is 6.92 Å². The zero-order valence-electron chi connectivity index (χ0n) is 15.1. The number of hydrogen-bond acceptors (Lipinski definition) is 6. The zero-order valence-corrected chi connectivity index (χ0v) is 15.1. The van der Waals surface area contributed by atoms with Gasteiger partial charge in [0.1, 0.15) is 11.3 Å². The van der Waals surface area contributed by atoms with Gasteiger partial charge in [0.15, 0.2) is 5.76 Å². The van der Waals surface area contributed by atoms with Gasteiger partial charge in [-0.05, 0) is 38.1 Å². The van der Waals surface area contributed by atoms with Crippen LogP contribution in [-0.2, 0) is 0 Å². The molecule has 0 aliphatic heterocycles. The van der Waals surface area contributed by atoms with Crippen molar-refractivity contribution in [2.24, 2.45) is 0 Å². The second kappa shape index (κ2) is 7.78. The lowest BCUT2D eigenvalue weighted by Crippen LogP contribution is -2.41. The Hall–Kier alpha value is -3.88. The van der Waals surface area contributed by atoms with Crippen molar-refractivity contribution >= 4 is 28.5 Å². The summed E-state index contributed by atoms with van der Waals surface area (Å²) in [5.74, 6) is -0.636. The average molecular weight is 383 g/mol. The van der Waals surface area contributed by atoms with Gasteiger partial charge in [-0.15, -0.1) is 0 Å². The molecule has 144 valence electrons. The van der Waals surface area contributed by atoms with Crippen LogP contribution in [0.1, 0.15) is 33.4 Å². The average Bonchev–Trinajstić information content (AvgIpc) is 3.02. The number of rotatable bonds is 5. The van der Waals surface area contributed by atoms with Crippen LogP contribution in [0.15, 0.2) is 46.9 Å². The van der Waals surface area contributed by atoms with Crippen molar-refractivity contribution in [2.75, 3.05) is 6.61 Å². The van der Waals surface area contributed by atoms with Crippen LogP contribution in [0, 0.1) is 17.0 Å². The summed E-state index contributed by atoms with van der Waals surface area (Å²) in [6.07, 6.45) is 0. The normalized spacial score (nSPS) is 10.5. The van der Waals surface area contributed by atoms with Gasteiger partial charge in [-0.25, -0.2) is 0 Å². The molecule has 1 heterocycles. The number of hydrogen-bond donors (Lipinski definition) is 2. The molecule has 0 unspecified atom stereocenters. The highest BCUT2D eigenvalue weighted by Gasteiger charge is 2.19. The van der Waals surface area contributed by atoms with E-state index in [-0.39, 0.29) is 17.0 Å². The summed E-state index contributed by atoms with van der Waals surface area (Å²) in [6.45, 7) is 4.10. The molecular formula is C19H17N3O6. The molecule has 0 atom stereocenters. The summed E-state index contributed by atoms with van der Waals surface area (Å²) in [7, 11) is 0. The lowest BCUT2D eigenvalue weighted by molar-refractivity contribution is -0.384. The van der Waals surface area contributed by atoms with Gasteiger partial charge >= 0.3 is 5.91 Å². The van der Waals surface area contributed by atoms with Gasteiger partial charge in [-0.3, -0.25) is 30.6 Å². The number of nitrogens with zero attached hydrogens (tertiary/aromatic N) is 1. The molecule has 2 amide bonds. The second-order valence-corrected chi connectivity index (χ2v) is 5.86. The van der Waals surface area contributed by atoms with Gasteiger partial charge in [-0.1, -0.05) is 6.07 Å². The maximum atomic E-state index is 12.4. The predicted octanol–water partition coefficient (Wildman–Crippen LogP) is 3.12. The third kappa shape index (κ3) is 3.78. The summed E-state index contributed by atoms with van der Waals surface area (Å²) in [6, 6.07) is 10.4. The van der Waals surface area contributed by atoms with Crippen LogP contribution in [0.3, 0.4) is 0 Å². The van der Waals surface area contributed by atoms with Crippen LogP contribution in [0.25, 0.3) is 11.0 Å². The molecule has 0 bridgehead atoms. The first kappa shape index (κ1) is 18.9. The number of aryl methyl sites for hydroxylation is 1. The van der Waals surface area contributed by atoms with Gasteiger partial charge in [0.2, 0.25) is 0 Å².